The van der Waals surface area contributed by atoms with E-state index >= 15 is 0 Å². The van der Waals surface area contributed by atoms with Gasteiger partial charge in [0.2, 0.25) is 10.0 Å². The molecule has 1 saturated heterocycles. The molecule has 0 amide bonds. The quantitative estimate of drug-likeness (QED) is 0.790. The van der Waals surface area contributed by atoms with E-state index in [1.807, 2.05) is 12.1 Å². The van der Waals surface area contributed by atoms with Crippen molar-refractivity contribution in [1.29, 1.82) is 0 Å². The first kappa shape index (κ1) is 15.7. The molecule has 3 rings (SSSR count). The van der Waals surface area contributed by atoms with Gasteiger partial charge in [-0.05, 0) is 23.6 Å². The molecule has 2 aromatic rings. The van der Waals surface area contributed by atoms with Crippen LogP contribution < -0.4 is 9.62 Å². The number of morpholine rings is 1. The predicted octanol–water partition coefficient (Wildman–Crippen LogP) is 0.276. The van der Waals surface area contributed by atoms with Crippen molar-refractivity contribution >= 4 is 21.4 Å². The normalized spacial score (nSPS) is 18.4. The molecule has 3 heterocycles. The summed E-state index contributed by atoms with van der Waals surface area (Å²) in [7, 11) is -3.46. The van der Waals surface area contributed by atoms with E-state index in [4.69, 9.17) is 9.15 Å². The summed E-state index contributed by atoms with van der Waals surface area (Å²) in [5, 5.41) is 1.76. The summed E-state index contributed by atoms with van der Waals surface area (Å²) in [6.45, 7) is 3.36. The lowest BCUT2D eigenvalue weighted by Crippen LogP contribution is -3.15. The first-order valence-corrected chi connectivity index (χ1v) is 9.52. The van der Waals surface area contributed by atoms with Gasteiger partial charge in [0.1, 0.15) is 17.3 Å². The van der Waals surface area contributed by atoms with Crippen LogP contribution in [0.1, 0.15) is 11.8 Å². The van der Waals surface area contributed by atoms with Gasteiger partial charge >= 0.3 is 0 Å². The summed E-state index contributed by atoms with van der Waals surface area (Å²) in [5.41, 5.74) is 0. The van der Waals surface area contributed by atoms with Crippen molar-refractivity contribution < 1.29 is 22.5 Å². The largest absolute Gasteiger partial charge is 0.463 e. The number of furan rings is 1. The topological polar surface area (TPSA) is 73.0 Å². The van der Waals surface area contributed by atoms with Crippen molar-refractivity contribution in [2.24, 2.45) is 0 Å². The molecular formula is C14H19N2O4S2+. The summed E-state index contributed by atoms with van der Waals surface area (Å²) in [6.07, 6.45) is 1.62. The molecule has 0 radical (unpaired) electrons. The Kier molecular flexibility index (Phi) is 4.94. The van der Waals surface area contributed by atoms with Gasteiger partial charge in [-0.3, -0.25) is 0 Å². The molecule has 1 fully saturated rings. The molecule has 0 saturated carbocycles. The third-order valence-corrected chi connectivity index (χ3v) is 6.57. The number of thiophene rings is 1. The third kappa shape index (κ3) is 3.58. The number of hydrogen-bond donors (Lipinski definition) is 2. The molecule has 0 bridgehead atoms. The molecule has 2 aromatic heterocycles. The number of ether oxygens (including phenoxy) is 1. The highest BCUT2D eigenvalue weighted by Crippen LogP contribution is 2.16. The monoisotopic (exact) mass is 343 g/mol. The van der Waals surface area contributed by atoms with Crippen molar-refractivity contribution in [3.05, 3.63) is 41.7 Å². The zero-order valence-corrected chi connectivity index (χ0v) is 13.7. The van der Waals surface area contributed by atoms with E-state index < -0.39 is 10.0 Å². The first-order chi connectivity index (χ1) is 10.7. The lowest BCUT2D eigenvalue weighted by atomic mass is 10.2. The van der Waals surface area contributed by atoms with E-state index in [9.17, 15) is 8.42 Å². The van der Waals surface area contributed by atoms with Crippen LogP contribution in [0, 0.1) is 0 Å². The number of hydrogen-bond acceptors (Lipinski definition) is 5. The molecule has 6 nitrogen and oxygen atoms in total. The Bertz CT molecular complexity index is 662. The first-order valence-electron chi connectivity index (χ1n) is 7.16. The summed E-state index contributed by atoms with van der Waals surface area (Å²) in [4.78, 5) is 1.27. The van der Waals surface area contributed by atoms with Gasteiger partial charge in [-0.2, -0.15) is 0 Å². The molecule has 0 spiro atoms. The molecule has 1 aliphatic heterocycles. The van der Waals surface area contributed by atoms with Crippen LogP contribution >= 0.6 is 11.3 Å². The molecule has 8 heteroatoms. The van der Waals surface area contributed by atoms with Crippen LogP contribution in [-0.2, 0) is 14.8 Å². The lowest BCUT2D eigenvalue weighted by molar-refractivity contribution is -0.938. The van der Waals surface area contributed by atoms with Crippen molar-refractivity contribution in [2.45, 2.75) is 10.3 Å². The maximum absolute atomic E-state index is 12.3. The Morgan fingerprint density at radius 1 is 1.27 bits per heavy atom. The molecule has 22 heavy (non-hydrogen) atoms. The Balaban J connectivity index is 1.73. The van der Waals surface area contributed by atoms with Crippen LogP contribution in [0.5, 0.6) is 0 Å². The van der Waals surface area contributed by atoms with Gasteiger partial charge in [0.05, 0.1) is 26.0 Å². The molecule has 1 aliphatic rings. The van der Waals surface area contributed by atoms with Crippen molar-refractivity contribution in [1.82, 2.24) is 4.72 Å². The minimum atomic E-state index is -3.46. The van der Waals surface area contributed by atoms with Gasteiger partial charge in [0.15, 0.2) is 11.8 Å². The van der Waals surface area contributed by atoms with Gasteiger partial charge in [-0.15, -0.1) is 11.3 Å². The van der Waals surface area contributed by atoms with E-state index in [-0.39, 0.29) is 6.04 Å². The number of nitrogens with one attached hydrogen (secondary N) is 2. The third-order valence-electron chi connectivity index (χ3n) is 3.75. The molecule has 0 aliphatic carbocycles. The summed E-state index contributed by atoms with van der Waals surface area (Å²) in [6, 6.07) is 7.02. The SMILES string of the molecule is O=S(=O)(NC[C@@H](c1ccco1)[NH+]1CCOCC1)c1cccs1. The zero-order valence-electron chi connectivity index (χ0n) is 12.0. The van der Waals surface area contributed by atoms with Crippen LogP contribution in [0.2, 0.25) is 0 Å². The van der Waals surface area contributed by atoms with E-state index in [1.54, 1.807) is 23.8 Å². The zero-order chi connectivity index (χ0) is 15.4. The van der Waals surface area contributed by atoms with Crippen LogP contribution in [0.3, 0.4) is 0 Å². The highest BCUT2D eigenvalue weighted by atomic mass is 32.2. The summed E-state index contributed by atoms with van der Waals surface area (Å²) < 4.78 is 38.5. The Morgan fingerprint density at radius 3 is 2.73 bits per heavy atom. The van der Waals surface area contributed by atoms with E-state index in [0.29, 0.717) is 24.0 Å². The fourth-order valence-corrected chi connectivity index (χ4v) is 4.68. The number of quaternary nitrogens is 1. The van der Waals surface area contributed by atoms with Gasteiger partial charge < -0.3 is 14.1 Å². The van der Waals surface area contributed by atoms with Crippen molar-refractivity contribution in [3.63, 3.8) is 0 Å². The molecular weight excluding hydrogens is 324 g/mol. The fraction of sp³-hybridized carbons (Fsp3) is 0.429. The second kappa shape index (κ2) is 6.93. The molecule has 120 valence electrons. The second-order valence-electron chi connectivity index (χ2n) is 5.12. The van der Waals surface area contributed by atoms with Crippen molar-refractivity contribution in [2.75, 3.05) is 32.8 Å². The standard InChI is InChI=1S/C14H18N2O4S2/c17-22(18,14-4-2-10-21-14)15-11-12(13-3-1-7-20-13)16-5-8-19-9-6-16/h1-4,7,10,12,15H,5-6,8-9,11H2/p+1/t12-/m0/s1. The maximum Gasteiger partial charge on any atom is 0.250 e. The van der Waals surface area contributed by atoms with Crippen LogP contribution in [0.25, 0.3) is 0 Å². The average Bonchev–Trinajstić information content (AvgIpc) is 3.22. The molecule has 1 atom stereocenters. The Labute approximate surface area is 133 Å². The van der Waals surface area contributed by atoms with Gasteiger partial charge in [0, 0.05) is 0 Å². The lowest BCUT2D eigenvalue weighted by Gasteiger charge is -2.30. The number of rotatable bonds is 6. The minimum Gasteiger partial charge on any atom is -0.463 e. The second-order valence-corrected chi connectivity index (χ2v) is 8.06. The average molecular weight is 343 g/mol. The van der Waals surface area contributed by atoms with Crippen molar-refractivity contribution in [3.8, 4) is 0 Å². The molecule has 2 N–H and O–H groups in total. The maximum atomic E-state index is 12.3. The van der Waals surface area contributed by atoms with E-state index in [1.165, 1.54) is 16.2 Å². The fourth-order valence-electron chi connectivity index (χ4n) is 2.60. The predicted molar refractivity (Wildman–Crippen MR) is 82.5 cm³/mol. The Morgan fingerprint density at radius 2 is 2.09 bits per heavy atom. The molecule has 0 aromatic carbocycles. The van der Waals surface area contributed by atoms with E-state index in [2.05, 4.69) is 4.72 Å². The number of sulfonamides is 1. The van der Waals surface area contributed by atoms with Gasteiger partial charge in [-0.1, -0.05) is 6.07 Å². The van der Waals surface area contributed by atoms with Gasteiger partial charge in [0.25, 0.3) is 0 Å². The summed E-state index contributed by atoms with van der Waals surface area (Å²) >= 11 is 1.21. The highest BCUT2D eigenvalue weighted by Gasteiger charge is 2.30. The van der Waals surface area contributed by atoms with E-state index in [0.717, 1.165) is 18.8 Å². The Hall–Kier alpha value is -1.19. The van der Waals surface area contributed by atoms with Crippen LogP contribution in [-0.4, -0.2) is 41.3 Å². The van der Waals surface area contributed by atoms with Crippen LogP contribution in [0.4, 0.5) is 0 Å². The van der Waals surface area contributed by atoms with Crippen LogP contribution in [0.15, 0.2) is 44.5 Å². The summed E-state index contributed by atoms with van der Waals surface area (Å²) in [5.74, 6) is 0.797. The highest BCUT2D eigenvalue weighted by molar-refractivity contribution is 7.91. The van der Waals surface area contributed by atoms with Gasteiger partial charge in [-0.25, -0.2) is 13.1 Å². The minimum absolute atomic E-state index is 0.0476. The molecule has 0 unspecified atom stereocenters. The smallest absolute Gasteiger partial charge is 0.250 e.